The van der Waals surface area contributed by atoms with Crippen molar-refractivity contribution in [2.45, 2.75) is 23.8 Å². The minimum absolute atomic E-state index is 0.118. The van der Waals surface area contributed by atoms with Crippen LogP contribution in [0.15, 0.2) is 29.2 Å². The van der Waals surface area contributed by atoms with Gasteiger partial charge in [0.25, 0.3) is 0 Å². The van der Waals surface area contributed by atoms with E-state index in [0.29, 0.717) is 32.5 Å². The van der Waals surface area contributed by atoms with E-state index >= 15 is 0 Å². The summed E-state index contributed by atoms with van der Waals surface area (Å²) in [6, 6.07) is 4.94. The lowest BCUT2D eigenvalue weighted by molar-refractivity contribution is 0.0309. The van der Waals surface area contributed by atoms with E-state index in [-0.39, 0.29) is 11.0 Å². The lowest BCUT2D eigenvalue weighted by atomic mass is 10.1. The summed E-state index contributed by atoms with van der Waals surface area (Å²) >= 11 is 3.29. The van der Waals surface area contributed by atoms with Crippen LogP contribution in [0.5, 0.6) is 0 Å². The van der Waals surface area contributed by atoms with Crippen molar-refractivity contribution in [2.75, 3.05) is 25.0 Å². The van der Waals surface area contributed by atoms with Crippen molar-refractivity contribution in [3.8, 4) is 0 Å². The molecule has 0 N–H and O–H groups in total. The summed E-state index contributed by atoms with van der Waals surface area (Å²) in [6.45, 7) is 1.51. The molecule has 20 heavy (non-hydrogen) atoms. The number of ether oxygens (including phenoxy) is 1. The van der Waals surface area contributed by atoms with Crippen LogP contribution in [0.4, 0.5) is 4.39 Å². The largest absolute Gasteiger partial charge is 0.377 e. The second-order valence-electron chi connectivity index (χ2n) is 4.62. The lowest BCUT2D eigenvalue weighted by Crippen LogP contribution is -2.40. The Morgan fingerprint density at radius 3 is 2.40 bits per heavy atom. The van der Waals surface area contributed by atoms with Gasteiger partial charge in [0, 0.05) is 18.4 Å². The number of nitrogens with zero attached hydrogens (tertiary/aromatic N) is 1. The molecule has 0 aromatic heterocycles. The molecule has 0 bridgehead atoms. The predicted molar refractivity (Wildman–Crippen MR) is 77.9 cm³/mol. The number of hydrogen-bond donors (Lipinski definition) is 0. The van der Waals surface area contributed by atoms with Crippen molar-refractivity contribution >= 4 is 26.0 Å². The van der Waals surface area contributed by atoms with E-state index in [1.807, 2.05) is 0 Å². The first-order valence-electron chi connectivity index (χ1n) is 6.47. The van der Waals surface area contributed by atoms with Crippen LogP contribution in [0, 0.1) is 5.82 Å². The number of halogens is 2. The molecule has 7 heteroatoms. The van der Waals surface area contributed by atoms with Crippen LogP contribution >= 0.6 is 15.9 Å². The fourth-order valence-electron chi connectivity index (χ4n) is 2.21. The Kier molecular flexibility index (Phi) is 5.54. The van der Waals surface area contributed by atoms with Crippen LogP contribution in [-0.4, -0.2) is 43.9 Å². The second-order valence-corrected chi connectivity index (χ2v) is 7.35. The zero-order chi connectivity index (χ0) is 14.6. The number of sulfonamides is 1. The lowest BCUT2D eigenvalue weighted by Gasteiger charge is -2.31. The average Bonchev–Trinajstić information content (AvgIpc) is 2.46. The highest BCUT2D eigenvalue weighted by atomic mass is 79.9. The third-order valence-electron chi connectivity index (χ3n) is 3.28. The molecule has 0 atom stereocenters. The Hall–Kier alpha value is -0.500. The Balaban J connectivity index is 2.00. The second kappa shape index (κ2) is 6.98. The summed E-state index contributed by atoms with van der Waals surface area (Å²) in [5.74, 6) is -0.439. The van der Waals surface area contributed by atoms with E-state index in [1.165, 1.54) is 28.6 Å². The van der Waals surface area contributed by atoms with E-state index in [9.17, 15) is 12.8 Å². The van der Waals surface area contributed by atoms with Gasteiger partial charge in [-0.2, -0.15) is 4.31 Å². The molecule has 0 amide bonds. The molecule has 1 aliphatic rings. The van der Waals surface area contributed by atoms with Gasteiger partial charge >= 0.3 is 0 Å². The van der Waals surface area contributed by atoms with E-state index < -0.39 is 15.8 Å². The number of hydrogen-bond acceptors (Lipinski definition) is 3. The minimum atomic E-state index is -3.52. The first-order chi connectivity index (χ1) is 9.54. The molecule has 1 aliphatic heterocycles. The summed E-state index contributed by atoms with van der Waals surface area (Å²) in [5.41, 5.74) is 0. The smallest absolute Gasteiger partial charge is 0.243 e. The summed E-state index contributed by atoms with van der Waals surface area (Å²) in [7, 11) is -3.52. The Bertz CT molecular complexity index is 527. The molecule has 1 fully saturated rings. The van der Waals surface area contributed by atoms with E-state index in [1.54, 1.807) is 0 Å². The Labute approximate surface area is 127 Å². The Morgan fingerprint density at radius 2 is 1.85 bits per heavy atom. The number of benzene rings is 1. The van der Waals surface area contributed by atoms with E-state index in [2.05, 4.69) is 15.9 Å². The van der Waals surface area contributed by atoms with Crippen LogP contribution < -0.4 is 0 Å². The van der Waals surface area contributed by atoms with Gasteiger partial charge in [-0.3, -0.25) is 0 Å². The van der Waals surface area contributed by atoms with Gasteiger partial charge in [0.05, 0.1) is 17.6 Å². The molecule has 0 unspecified atom stereocenters. The zero-order valence-electron chi connectivity index (χ0n) is 11.0. The van der Waals surface area contributed by atoms with Gasteiger partial charge in [-0.25, -0.2) is 12.8 Å². The number of alkyl halides is 1. The predicted octanol–water partition coefficient (Wildman–Crippen LogP) is 2.39. The molecular weight excluding hydrogens is 349 g/mol. The highest BCUT2D eigenvalue weighted by Crippen LogP contribution is 2.22. The van der Waals surface area contributed by atoms with Crippen molar-refractivity contribution in [1.29, 1.82) is 0 Å². The molecule has 0 saturated carbocycles. The number of rotatable bonds is 5. The molecule has 1 saturated heterocycles. The van der Waals surface area contributed by atoms with Gasteiger partial charge in [-0.05, 0) is 37.1 Å². The highest BCUT2D eigenvalue weighted by molar-refractivity contribution is 9.09. The van der Waals surface area contributed by atoms with Crippen molar-refractivity contribution < 1.29 is 17.5 Å². The maximum Gasteiger partial charge on any atom is 0.243 e. The van der Waals surface area contributed by atoms with Crippen LogP contribution in [0.25, 0.3) is 0 Å². The normalized spacial score (nSPS) is 18.3. The maximum absolute atomic E-state index is 12.9. The van der Waals surface area contributed by atoms with Gasteiger partial charge in [0.2, 0.25) is 10.0 Å². The molecule has 1 aromatic rings. The standard InChI is InChI=1S/C13H17BrFNO3S/c14-7-10-19-12-5-8-16(9-6-12)20(17,18)13-3-1-11(15)2-4-13/h1-4,12H,5-10H2. The molecule has 1 aromatic carbocycles. The van der Waals surface area contributed by atoms with Gasteiger partial charge in [-0.15, -0.1) is 0 Å². The molecule has 112 valence electrons. The molecular formula is C13H17BrFNO3S. The monoisotopic (exact) mass is 365 g/mol. The fourth-order valence-corrected chi connectivity index (χ4v) is 3.86. The Morgan fingerprint density at radius 1 is 1.25 bits per heavy atom. The molecule has 0 spiro atoms. The highest BCUT2D eigenvalue weighted by Gasteiger charge is 2.29. The van der Waals surface area contributed by atoms with Gasteiger partial charge in [0.15, 0.2) is 0 Å². The molecule has 1 heterocycles. The SMILES string of the molecule is O=S(=O)(c1ccc(F)cc1)N1CCC(OCCBr)CC1. The van der Waals surface area contributed by atoms with Gasteiger partial charge < -0.3 is 4.74 Å². The van der Waals surface area contributed by atoms with Crippen LogP contribution in [0.1, 0.15) is 12.8 Å². The van der Waals surface area contributed by atoms with Crippen molar-refractivity contribution in [3.05, 3.63) is 30.1 Å². The van der Waals surface area contributed by atoms with Gasteiger partial charge in [0.1, 0.15) is 5.82 Å². The molecule has 4 nitrogen and oxygen atoms in total. The quantitative estimate of drug-likeness (QED) is 0.752. The first kappa shape index (κ1) is 15.9. The summed E-state index contributed by atoms with van der Waals surface area (Å²) in [6.07, 6.45) is 1.49. The van der Waals surface area contributed by atoms with E-state index in [0.717, 1.165) is 5.33 Å². The maximum atomic E-state index is 12.9. The summed E-state index contributed by atoms with van der Waals surface area (Å²) in [5, 5.41) is 0.779. The third-order valence-corrected chi connectivity index (χ3v) is 5.52. The van der Waals surface area contributed by atoms with Crippen LogP contribution in [0.2, 0.25) is 0 Å². The van der Waals surface area contributed by atoms with Crippen LogP contribution in [0.3, 0.4) is 0 Å². The third kappa shape index (κ3) is 3.78. The average molecular weight is 366 g/mol. The zero-order valence-corrected chi connectivity index (χ0v) is 13.4. The van der Waals surface area contributed by atoms with Crippen molar-refractivity contribution in [2.24, 2.45) is 0 Å². The minimum Gasteiger partial charge on any atom is -0.377 e. The van der Waals surface area contributed by atoms with Crippen LogP contribution in [-0.2, 0) is 14.8 Å². The van der Waals surface area contributed by atoms with E-state index in [4.69, 9.17) is 4.74 Å². The first-order valence-corrected chi connectivity index (χ1v) is 9.03. The topological polar surface area (TPSA) is 46.6 Å². The molecule has 2 rings (SSSR count). The fraction of sp³-hybridized carbons (Fsp3) is 0.538. The summed E-state index contributed by atoms with van der Waals surface area (Å²) in [4.78, 5) is 0.138. The number of piperidine rings is 1. The molecule has 0 aliphatic carbocycles. The van der Waals surface area contributed by atoms with Crippen molar-refractivity contribution in [3.63, 3.8) is 0 Å². The summed E-state index contributed by atoms with van der Waals surface area (Å²) < 4.78 is 44.6. The van der Waals surface area contributed by atoms with Crippen molar-refractivity contribution in [1.82, 2.24) is 4.31 Å². The molecule has 0 radical (unpaired) electrons. The van der Waals surface area contributed by atoms with Gasteiger partial charge in [-0.1, -0.05) is 15.9 Å².